The highest BCUT2D eigenvalue weighted by molar-refractivity contribution is 14.1. The topological polar surface area (TPSA) is 37.4 Å². The van der Waals surface area contributed by atoms with E-state index in [1.54, 1.807) is 0 Å². The molecule has 1 aliphatic heterocycles. The van der Waals surface area contributed by atoms with Crippen LogP contribution in [-0.4, -0.2) is 11.8 Å². The summed E-state index contributed by atoms with van der Waals surface area (Å²) in [7, 11) is 0. The predicted octanol–water partition coefficient (Wildman–Crippen LogP) is 3.41. The number of hydrogen-bond donors (Lipinski definition) is 0. The van der Waals surface area contributed by atoms with Crippen LogP contribution < -0.4 is 4.90 Å². The molecule has 0 spiro atoms. The molecule has 1 heterocycles. The van der Waals surface area contributed by atoms with Crippen molar-refractivity contribution in [1.82, 2.24) is 0 Å². The summed E-state index contributed by atoms with van der Waals surface area (Å²) in [5.41, 5.74) is 1.76. The van der Waals surface area contributed by atoms with Gasteiger partial charge in [-0.25, -0.2) is 0 Å². The zero-order valence-electron chi connectivity index (χ0n) is 11.3. The summed E-state index contributed by atoms with van der Waals surface area (Å²) in [5.74, 6) is -0.452. The van der Waals surface area contributed by atoms with Crippen molar-refractivity contribution in [2.45, 2.75) is 12.8 Å². The maximum Gasteiger partial charge on any atom is 0.237 e. The summed E-state index contributed by atoms with van der Waals surface area (Å²) in [5, 5.41) is 0. The maximum absolute atomic E-state index is 12.5. The van der Waals surface area contributed by atoms with Crippen LogP contribution in [0.1, 0.15) is 12.0 Å². The Bertz CT molecular complexity index is 667. The van der Waals surface area contributed by atoms with Crippen molar-refractivity contribution in [3.8, 4) is 0 Å². The molecule has 1 unspecified atom stereocenters. The van der Waals surface area contributed by atoms with Crippen molar-refractivity contribution in [2.75, 3.05) is 4.90 Å². The number of amides is 2. The zero-order valence-corrected chi connectivity index (χ0v) is 13.5. The van der Waals surface area contributed by atoms with E-state index in [0.717, 1.165) is 9.13 Å². The minimum absolute atomic E-state index is 0.0925. The molecule has 3 nitrogen and oxygen atoms in total. The predicted molar refractivity (Wildman–Crippen MR) is 89.9 cm³/mol. The van der Waals surface area contributed by atoms with Gasteiger partial charge >= 0.3 is 0 Å². The molecule has 0 N–H and O–H groups in total. The molecule has 106 valence electrons. The Balaban J connectivity index is 1.80. The first-order valence-corrected chi connectivity index (χ1v) is 7.89. The lowest BCUT2D eigenvalue weighted by molar-refractivity contribution is -0.122. The third-order valence-electron chi connectivity index (χ3n) is 3.65. The molecule has 0 aliphatic carbocycles. The highest BCUT2D eigenvalue weighted by atomic mass is 127. The van der Waals surface area contributed by atoms with Gasteiger partial charge in [0.05, 0.1) is 11.6 Å². The summed E-state index contributed by atoms with van der Waals surface area (Å²) in [6.07, 6.45) is 0.909. The molecule has 1 aliphatic rings. The molecule has 3 rings (SSSR count). The van der Waals surface area contributed by atoms with E-state index in [9.17, 15) is 9.59 Å². The molecule has 1 fully saturated rings. The number of rotatable bonds is 3. The van der Waals surface area contributed by atoms with Gasteiger partial charge in [0.15, 0.2) is 0 Å². The monoisotopic (exact) mass is 391 g/mol. The maximum atomic E-state index is 12.5. The van der Waals surface area contributed by atoms with Crippen molar-refractivity contribution in [3.63, 3.8) is 0 Å². The summed E-state index contributed by atoms with van der Waals surface area (Å²) in [4.78, 5) is 26.0. The van der Waals surface area contributed by atoms with Gasteiger partial charge in [0.25, 0.3) is 0 Å². The molecule has 0 bridgehead atoms. The van der Waals surface area contributed by atoms with Gasteiger partial charge in [-0.2, -0.15) is 0 Å². The number of halogens is 1. The number of anilines is 1. The molecule has 21 heavy (non-hydrogen) atoms. The van der Waals surface area contributed by atoms with Crippen molar-refractivity contribution in [2.24, 2.45) is 5.92 Å². The second-order valence-electron chi connectivity index (χ2n) is 5.13. The van der Waals surface area contributed by atoms with Crippen LogP contribution >= 0.6 is 22.6 Å². The fourth-order valence-electron chi connectivity index (χ4n) is 2.61. The molecule has 2 aromatic carbocycles. The second-order valence-corrected chi connectivity index (χ2v) is 6.38. The number of benzene rings is 2. The van der Waals surface area contributed by atoms with Gasteiger partial charge in [-0.05, 0) is 58.8 Å². The zero-order chi connectivity index (χ0) is 14.8. The first-order valence-electron chi connectivity index (χ1n) is 6.81. The Morgan fingerprint density at radius 2 is 1.67 bits per heavy atom. The van der Waals surface area contributed by atoms with E-state index >= 15 is 0 Å². The largest absolute Gasteiger partial charge is 0.274 e. The molecule has 2 aromatic rings. The van der Waals surface area contributed by atoms with Gasteiger partial charge < -0.3 is 0 Å². The van der Waals surface area contributed by atoms with Gasteiger partial charge in [0.1, 0.15) is 0 Å². The van der Waals surface area contributed by atoms with E-state index in [0.29, 0.717) is 18.5 Å². The third kappa shape index (κ3) is 3.00. The highest BCUT2D eigenvalue weighted by Crippen LogP contribution is 2.29. The van der Waals surface area contributed by atoms with Gasteiger partial charge in [-0.3, -0.25) is 14.5 Å². The average Bonchev–Trinajstić information content (AvgIpc) is 2.76. The Morgan fingerprint density at radius 1 is 1.00 bits per heavy atom. The summed E-state index contributed by atoms with van der Waals surface area (Å²) < 4.78 is 1.08. The van der Waals surface area contributed by atoms with Crippen LogP contribution in [0.2, 0.25) is 0 Å². The SMILES string of the molecule is O=C1CC(Cc2ccccc2)C(=O)N1c1ccc(I)cc1. The Labute approximate surface area is 137 Å². The Hall–Kier alpha value is -1.69. The number of carbonyl (C=O) groups excluding carboxylic acids is 2. The fourth-order valence-corrected chi connectivity index (χ4v) is 2.97. The summed E-state index contributed by atoms with van der Waals surface area (Å²) >= 11 is 2.20. The van der Waals surface area contributed by atoms with E-state index in [-0.39, 0.29) is 17.7 Å². The molecule has 1 atom stereocenters. The molecule has 0 aromatic heterocycles. The number of imide groups is 1. The van der Waals surface area contributed by atoms with Crippen LogP contribution in [0.3, 0.4) is 0 Å². The first-order chi connectivity index (χ1) is 10.1. The molecule has 2 amide bonds. The van der Waals surface area contributed by atoms with Gasteiger partial charge in [-0.15, -0.1) is 0 Å². The standard InChI is InChI=1S/C17H14INO2/c18-14-6-8-15(9-7-14)19-16(20)11-13(17(19)21)10-12-4-2-1-3-5-12/h1-9,13H,10-11H2. The average molecular weight is 391 g/mol. The summed E-state index contributed by atoms with van der Waals surface area (Å²) in [6.45, 7) is 0. The van der Waals surface area contributed by atoms with Crippen molar-refractivity contribution >= 4 is 40.1 Å². The Morgan fingerprint density at radius 3 is 2.33 bits per heavy atom. The third-order valence-corrected chi connectivity index (χ3v) is 4.37. The molecule has 0 radical (unpaired) electrons. The van der Waals surface area contributed by atoms with Gasteiger partial charge in [0.2, 0.25) is 11.8 Å². The first kappa shape index (κ1) is 14.3. The normalized spacial score (nSPS) is 18.3. The van der Waals surface area contributed by atoms with Crippen LogP contribution in [0.15, 0.2) is 54.6 Å². The van der Waals surface area contributed by atoms with Crippen LogP contribution in [-0.2, 0) is 16.0 Å². The fraction of sp³-hybridized carbons (Fsp3) is 0.176. The Kier molecular flexibility index (Phi) is 4.05. The van der Waals surface area contributed by atoms with Crippen LogP contribution in [0.5, 0.6) is 0 Å². The molecular formula is C17H14INO2. The second kappa shape index (κ2) is 5.97. The van der Waals surface area contributed by atoms with Crippen molar-refractivity contribution in [1.29, 1.82) is 0 Å². The number of carbonyl (C=O) groups is 2. The van der Waals surface area contributed by atoms with Crippen LogP contribution in [0.25, 0.3) is 0 Å². The molecular weight excluding hydrogens is 377 g/mol. The van der Waals surface area contributed by atoms with Crippen LogP contribution in [0.4, 0.5) is 5.69 Å². The van der Waals surface area contributed by atoms with Crippen LogP contribution in [0, 0.1) is 9.49 Å². The highest BCUT2D eigenvalue weighted by Gasteiger charge is 2.39. The minimum Gasteiger partial charge on any atom is -0.274 e. The lowest BCUT2D eigenvalue weighted by Crippen LogP contribution is -2.30. The van der Waals surface area contributed by atoms with E-state index in [4.69, 9.17) is 0 Å². The van der Waals surface area contributed by atoms with E-state index in [2.05, 4.69) is 22.6 Å². The molecule has 4 heteroatoms. The quantitative estimate of drug-likeness (QED) is 0.594. The molecule has 0 saturated carbocycles. The summed E-state index contributed by atoms with van der Waals surface area (Å²) in [6, 6.07) is 17.3. The number of hydrogen-bond acceptors (Lipinski definition) is 2. The van der Waals surface area contributed by atoms with E-state index in [1.165, 1.54) is 4.90 Å². The number of nitrogens with zero attached hydrogens (tertiary/aromatic N) is 1. The van der Waals surface area contributed by atoms with E-state index < -0.39 is 0 Å². The minimum atomic E-state index is -0.251. The van der Waals surface area contributed by atoms with Gasteiger partial charge in [-0.1, -0.05) is 30.3 Å². The van der Waals surface area contributed by atoms with Crippen molar-refractivity contribution < 1.29 is 9.59 Å². The smallest absolute Gasteiger partial charge is 0.237 e. The lowest BCUT2D eigenvalue weighted by Gasteiger charge is -2.15. The van der Waals surface area contributed by atoms with Crippen molar-refractivity contribution in [3.05, 3.63) is 63.7 Å². The molecule has 1 saturated heterocycles. The van der Waals surface area contributed by atoms with E-state index in [1.807, 2.05) is 54.6 Å². The van der Waals surface area contributed by atoms with Gasteiger partial charge in [0, 0.05) is 9.99 Å². The lowest BCUT2D eigenvalue weighted by atomic mass is 9.98.